The molecule has 2 heterocycles. The molecule has 4 aliphatic carbocycles. The molecule has 2 aromatic heterocycles. The summed E-state index contributed by atoms with van der Waals surface area (Å²) in [4.78, 5) is 45.3. The molecule has 0 radical (unpaired) electrons. The smallest absolute Gasteiger partial charge is 0.330 e. The predicted octanol–water partition coefficient (Wildman–Crippen LogP) is 3.21. The number of nitrogens with zero attached hydrogens (tertiary/aromatic N) is 3. The Balaban J connectivity index is 1.42. The summed E-state index contributed by atoms with van der Waals surface area (Å²) in [5, 5.41) is 0. The Morgan fingerprint density at radius 3 is 2.31 bits per heavy atom. The van der Waals surface area contributed by atoms with Crippen molar-refractivity contribution in [1.82, 2.24) is 19.1 Å². The number of esters is 1. The molecule has 0 atom stereocenters. The Morgan fingerprint density at radius 1 is 1.00 bits per heavy atom. The molecular formula is C24H34N4O4. The third-order valence-electron chi connectivity index (χ3n) is 7.99. The number of rotatable bonds is 8. The highest BCUT2D eigenvalue weighted by Crippen LogP contribution is 2.56. The lowest BCUT2D eigenvalue weighted by molar-refractivity contribution is -0.164. The number of nitrogens with one attached hydrogen (secondary N) is 1. The Labute approximate surface area is 187 Å². The Kier molecular flexibility index (Phi) is 5.72. The van der Waals surface area contributed by atoms with Crippen LogP contribution in [0.4, 0.5) is 0 Å². The maximum atomic E-state index is 13.1. The monoisotopic (exact) mass is 442 g/mol. The second-order valence-electron chi connectivity index (χ2n) is 10.2. The second-order valence-corrected chi connectivity index (χ2v) is 10.2. The fraction of sp³-hybridized carbons (Fsp3) is 0.750. The highest BCUT2D eigenvalue weighted by molar-refractivity contribution is 5.74. The van der Waals surface area contributed by atoms with E-state index < -0.39 is 11.2 Å². The van der Waals surface area contributed by atoms with E-state index in [-0.39, 0.29) is 18.5 Å². The van der Waals surface area contributed by atoms with Crippen LogP contribution in [0.25, 0.3) is 11.2 Å². The minimum absolute atomic E-state index is 0.0120. The van der Waals surface area contributed by atoms with E-state index in [0.29, 0.717) is 41.9 Å². The van der Waals surface area contributed by atoms with Gasteiger partial charge in [-0.1, -0.05) is 20.3 Å². The van der Waals surface area contributed by atoms with Gasteiger partial charge in [0.15, 0.2) is 11.2 Å². The van der Waals surface area contributed by atoms with Gasteiger partial charge in [-0.2, -0.15) is 0 Å². The van der Waals surface area contributed by atoms with E-state index in [1.165, 1.54) is 36.7 Å². The van der Waals surface area contributed by atoms with Crippen molar-refractivity contribution in [3.05, 3.63) is 26.7 Å². The molecule has 0 amide bonds. The molecule has 6 rings (SSSR count). The zero-order valence-electron chi connectivity index (χ0n) is 19.1. The molecule has 0 aromatic carbocycles. The Morgan fingerprint density at radius 2 is 1.69 bits per heavy atom. The van der Waals surface area contributed by atoms with E-state index in [2.05, 4.69) is 16.9 Å². The topological polar surface area (TPSA) is 99.0 Å². The second kappa shape index (κ2) is 8.52. The zero-order valence-corrected chi connectivity index (χ0v) is 19.1. The highest BCUT2D eigenvalue weighted by atomic mass is 16.5. The van der Waals surface area contributed by atoms with E-state index in [1.807, 2.05) is 11.5 Å². The van der Waals surface area contributed by atoms with E-state index in [4.69, 9.17) is 4.74 Å². The van der Waals surface area contributed by atoms with Crippen LogP contribution >= 0.6 is 0 Å². The van der Waals surface area contributed by atoms with Gasteiger partial charge in [0.2, 0.25) is 0 Å². The maximum Gasteiger partial charge on any atom is 0.330 e. The van der Waals surface area contributed by atoms with Gasteiger partial charge in [0.25, 0.3) is 5.56 Å². The quantitative estimate of drug-likeness (QED) is 0.633. The average molecular weight is 443 g/mol. The number of ether oxygens (including phenoxy) is 1. The number of aromatic amines is 1. The summed E-state index contributed by atoms with van der Waals surface area (Å²) < 4.78 is 9.20. The standard InChI is InChI=1S/C24H34N4O4/c1-3-5-7-28-21-20(22(29)26-24(28)31)27(6-4-2)18(25-21)13-32-23(30)19-16-9-14-8-15(11-16)12-17(19)10-14/h14-17,19H,3-13H2,1-2H3,(H,26,29,31). The number of carbonyl (C=O) groups is 1. The molecule has 4 aliphatic rings. The predicted molar refractivity (Wildman–Crippen MR) is 120 cm³/mol. The van der Waals surface area contributed by atoms with Crippen molar-refractivity contribution in [3.8, 4) is 0 Å². The number of hydrogen-bond donors (Lipinski definition) is 1. The van der Waals surface area contributed by atoms with Crippen LogP contribution in [-0.2, 0) is 29.2 Å². The first-order chi connectivity index (χ1) is 15.5. The third kappa shape index (κ3) is 3.61. The number of fused-ring (bicyclic) bond motifs is 1. The molecule has 2 aromatic rings. The number of hydrogen-bond acceptors (Lipinski definition) is 5. The van der Waals surface area contributed by atoms with E-state index in [0.717, 1.165) is 31.1 Å². The number of carbonyl (C=O) groups excluding carboxylic acids is 1. The molecule has 0 saturated heterocycles. The first kappa shape index (κ1) is 21.5. The molecule has 8 heteroatoms. The van der Waals surface area contributed by atoms with E-state index >= 15 is 0 Å². The first-order valence-corrected chi connectivity index (χ1v) is 12.4. The fourth-order valence-corrected chi connectivity index (χ4v) is 6.86. The van der Waals surface area contributed by atoms with Crippen LogP contribution in [0.3, 0.4) is 0 Å². The molecule has 4 saturated carbocycles. The first-order valence-electron chi connectivity index (χ1n) is 12.4. The molecular weight excluding hydrogens is 408 g/mol. The zero-order chi connectivity index (χ0) is 22.4. The lowest BCUT2D eigenvalue weighted by Gasteiger charge is -2.53. The number of aryl methyl sites for hydroxylation is 2. The van der Waals surface area contributed by atoms with Gasteiger partial charge in [-0.3, -0.25) is 19.1 Å². The highest BCUT2D eigenvalue weighted by Gasteiger charge is 2.51. The third-order valence-corrected chi connectivity index (χ3v) is 7.99. The van der Waals surface area contributed by atoms with Crippen molar-refractivity contribution in [2.24, 2.45) is 29.6 Å². The van der Waals surface area contributed by atoms with Gasteiger partial charge in [-0.25, -0.2) is 9.78 Å². The summed E-state index contributed by atoms with van der Waals surface area (Å²) in [5.74, 6) is 3.00. The van der Waals surface area contributed by atoms with Crippen LogP contribution in [0.1, 0.15) is 71.0 Å². The Bertz CT molecular complexity index is 1100. The summed E-state index contributed by atoms with van der Waals surface area (Å²) in [5.41, 5.74) is -0.0869. The van der Waals surface area contributed by atoms with Crippen LogP contribution in [-0.4, -0.2) is 25.1 Å². The minimum atomic E-state index is -0.436. The largest absolute Gasteiger partial charge is 0.457 e. The molecule has 0 unspecified atom stereocenters. The van der Waals surface area contributed by atoms with E-state index in [1.54, 1.807) is 0 Å². The van der Waals surface area contributed by atoms with E-state index in [9.17, 15) is 14.4 Å². The van der Waals surface area contributed by atoms with Gasteiger partial charge in [0, 0.05) is 13.1 Å². The van der Waals surface area contributed by atoms with Crippen LogP contribution in [0.5, 0.6) is 0 Å². The SMILES string of the molecule is CCCCn1c(=O)[nH]c(=O)c2c1nc(COC(=O)C1C3CC4CC(C3)CC1C4)n2CCC. The van der Waals surface area contributed by atoms with Crippen molar-refractivity contribution in [2.75, 3.05) is 0 Å². The summed E-state index contributed by atoms with van der Waals surface area (Å²) >= 11 is 0. The minimum Gasteiger partial charge on any atom is -0.457 e. The molecule has 0 spiro atoms. The maximum absolute atomic E-state index is 13.1. The number of aromatic nitrogens is 4. The van der Waals surface area contributed by atoms with Crippen molar-refractivity contribution in [1.29, 1.82) is 0 Å². The van der Waals surface area contributed by atoms with Crippen molar-refractivity contribution < 1.29 is 9.53 Å². The van der Waals surface area contributed by atoms with Gasteiger partial charge in [0.1, 0.15) is 12.4 Å². The van der Waals surface area contributed by atoms with Crippen LogP contribution in [0.2, 0.25) is 0 Å². The average Bonchev–Trinajstić information content (AvgIpc) is 3.10. The number of unbranched alkanes of at least 4 members (excludes halogenated alkanes) is 1. The molecule has 174 valence electrons. The molecule has 32 heavy (non-hydrogen) atoms. The molecule has 4 bridgehead atoms. The van der Waals surface area contributed by atoms with Gasteiger partial charge in [-0.05, 0) is 68.6 Å². The lowest BCUT2D eigenvalue weighted by Crippen LogP contribution is -2.48. The van der Waals surface area contributed by atoms with Gasteiger partial charge in [-0.15, -0.1) is 0 Å². The van der Waals surface area contributed by atoms with Crippen molar-refractivity contribution in [3.63, 3.8) is 0 Å². The van der Waals surface area contributed by atoms with Gasteiger partial charge in [0.05, 0.1) is 5.92 Å². The van der Waals surface area contributed by atoms with Crippen molar-refractivity contribution >= 4 is 17.1 Å². The molecule has 4 fully saturated rings. The summed E-state index contributed by atoms with van der Waals surface area (Å²) in [6.07, 6.45) is 8.57. The molecule has 1 N–H and O–H groups in total. The summed E-state index contributed by atoms with van der Waals surface area (Å²) in [6, 6.07) is 0. The van der Waals surface area contributed by atoms with Crippen LogP contribution < -0.4 is 11.2 Å². The van der Waals surface area contributed by atoms with Crippen LogP contribution in [0, 0.1) is 29.6 Å². The van der Waals surface area contributed by atoms with Crippen LogP contribution in [0.15, 0.2) is 9.59 Å². The summed E-state index contributed by atoms with van der Waals surface area (Å²) in [7, 11) is 0. The normalized spacial score (nSPS) is 28.5. The summed E-state index contributed by atoms with van der Waals surface area (Å²) in [6.45, 7) is 5.20. The molecule has 8 nitrogen and oxygen atoms in total. The lowest BCUT2D eigenvalue weighted by atomic mass is 9.52. The Hall–Kier alpha value is -2.38. The van der Waals surface area contributed by atoms with Gasteiger partial charge < -0.3 is 9.30 Å². The fourth-order valence-electron chi connectivity index (χ4n) is 6.86. The number of H-pyrrole nitrogens is 1. The molecule has 0 aliphatic heterocycles. The number of imidazole rings is 1. The van der Waals surface area contributed by atoms with Gasteiger partial charge >= 0.3 is 11.7 Å². The van der Waals surface area contributed by atoms with Crippen molar-refractivity contribution in [2.45, 2.75) is 84.9 Å².